The van der Waals surface area contributed by atoms with Crippen molar-refractivity contribution in [2.75, 3.05) is 0 Å². The van der Waals surface area contributed by atoms with Crippen LogP contribution in [0.25, 0.3) is 0 Å². The third-order valence-corrected chi connectivity index (χ3v) is 5.98. The maximum atomic E-state index is 6.54. The van der Waals surface area contributed by atoms with Crippen molar-refractivity contribution in [1.82, 2.24) is 0 Å². The first-order valence-electron chi connectivity index (χ1n) is 7.71. The molecule has 0 aromatic heterocycles. The molecule has 1 heterocycles. The number of hydrogen-bond donors (Lipinski definition) is 0. The Morgan fingerprint density at radius 2 is 1.72 bits per heavy atom. The molecule has 1 aliphatic heterocycles. The van der Waals surface area contributed by atoms with Gasteiger partial charge in [0.2, 0.25) is 0 Å². The average molecular weight is 242 g/mol. The summed E-state index contributed by atoms with van der Waals surface area (Å²) in [6.45, 7) is 5.19. The molecule has 0 radical (unpaired) electrons. The first-order chi connectivity index (χ1) is 8.68. The largest absolute Gasteiger partial charge is 0.430 e. The molecule has 0 aromatic rings. The molecule has 0 bridgehead atoms. The fourth-order valence-corrected chi connectivity index (χ4v) is 5.29. The van der Waals surface area contributed by atoms with E-state index in [0.717, 1.165) is 29.4 Å². The summed E-state index contributed by atoms with van der Waals surface area (Å²) < 4.78 is 6.54. The summed E-state index contributed by atoms with van der Waals surface area (Å²) in [4.78, 5) is 0. The molecule has 3 fully saturated rings. The van der Waals surface area contributed by atoms with E-state index in [1.54, 1.807) is 0 Å². The van der Waals surface area contributed by atoms with Gasteiger partial charge in [0.15, 0.2) is 0 Å². The summed E-state index contributed by atoms with van der Waals surface area (Å²) in [5.74, 6) is 3.93. The molecule has 1 saturated heterocycles. The summed E-state index contributed by atoms with van der Waals surface area (Å²) in [7, 11) is 0. The number of fused-ring (bicyclic) bond motifs is 4. The Kier molecular flexibility index (Phi) is 2.37. The van der Waals surface area contributed by atoms with Crippen molar-refractivity contribution >= 4 is 6.92 Å². The standard InChI is InChI=1S/C16H23BO/c1-16(2)14-12-9-5-6-10-13(12)15(14)17(18-16)11-7-3-4-8-11/h5-6,9-15H,3-4,7-8H2,1-2H3/t12-,13+,14+,15-/m1/s1. The zero-order valence-corrected chi connectivity index (χ0v) is 11.5. The molecule has 0 unspecified atom stereocenters. The molecule has 3 aliphatic carbocycles. The molecule has 0 N–H and O–H groups in total. The maximum Gasteiger partial charge on any atom is 0.301 e. The summed E-state index contributed by atoms with van der Waals surface area (Å²) in [6.07, 6.45) is 15.0. The van der Waals surface area contributed by atoms with Crippen LogP contribution in [0.2, 0.25) is 11.6 Å². The SMILES string of the molecule is CC1(C)OB(C2CCCC2)[C@@H]2[C@H]3C=CC=C[C@H]3[C@@H]21. The van der Waals surface area contributed by atoms with Crippen LogP contribution in [0.5, 0.6) is 0 Å². The summed E-state index contributed by atoms with van der Waals surface area (Å²) in [5, 5.41) is 0. The molecule has 2 saturated carbocycles. The molecular weight excluding hydrogens is 219 g/mol. The fourth-order valence-electron chi connectivity index (χ4n) is 5.29. The molecule has 0 spiro atoms. The van der Waals surface area contributed by atoms with E-state index in [0.29, 0.717) is 6.92 Å². The number of rotatable bonds is 1. The minimum atomic E-state index is 0.0919. The third kappa shape index (κ3) is 1.39. The molecule has 0 aromatic carbocycles. The van der Waals surface area contributed by atoms with Crippen molar-refractivity contribution in [1.29, 1.82) is 0 Å². The van der Waals surface area contributed by atoms with Gasteiger partial charge >= 0.3 is 6.92 Å². The van der Waals surface area contributed by atoms with Crippen LogP contribution in [0.1, 0.15) is 39.5 Å². The molecule has 96 valence electrons. The van der Waals surface area contributed by atoms with Crippen molar-refractivity contribution in [3.8, 4) is 0 Å². The molecule has 2 heteroatoms. The lowest BCUT2D eigenvalue weighted by molar-refractivity contribution is 0.00631. The number of allylic oxidation sites excluding steroid dienone is 4. The van der Waals surface area contributed by atoms with E-state index in [2.05, 4.69) is 38.2 Å². The van der Waals surface area contributed by atoms with Gasteiger partial charge < -0.3 is 4.65 Å². The van der Waals surface area contributed by atoms with Gasteiger partial charge in [0.1, 0.15) is 0 Å². The van der Waals surface area contributed by atoms with Gasteiger partial charge in [-0.3, -0.25) is 0 Å². The molecule has 4 aliphatic rings. The Balaban J connectivity index is 1.64. The van der Waals surface area contributed by atoms with Gasteiger partial charge in [0.25, 0.3) is 0 Å². The zero-order chi connectivity index (χ0) is 12.3. The topological polar surface area (TPSA) is 9.23 Å². The minimum absolute atomic E-state index is 0.0919. The van der Waals surface area contributed by atoms with E-state index in [9.17, 15) is 0 Å². The molecule has 1 nitrogen and oxygen atoms in total. The molecule has 4 rings (SSSR count). The molecular formula is C16H23BO. The average Bonchev–Trinajstić information content (AvgIpc) is 2.88. The predicted octanol–water partition coefficient (Wildman–Crippen LogP) is 4.09. The van der Waals surface area contributed by atoms with E-state index in [-0.39, 0.29) is 5.60 Å². The van der Waals surface area contributed by atoms with Crippen molar-refractivity contribution in [3.63, 3.8) is 0 Å². The van der Waals surface area contributed by atoms with E-state index < -0.39 is 0 Å². The van der Waals surface area contributed by atoms with E-state index >= 15 is 0 Å². The summed E-state index contributed by atoms with van der Waals surface area (Å²) in [6, 6.07) is 0. The first-order valence-corrected chi connectivity index (χ1v) is 7.71. The molecule has 0 amide bonds. The minimum Gasteiger partial charge on any atom is -0.430 e. The molecule has 4 atom stereocenters. The van der Waals surface area contributed by atoms with Gasteiger partial charge in [0, 0.05) is 5.60 Å². The Morgan fingerprint density at radius 3 is 2.44 bits per heavy atom. The Labute approximate surface area is 111 Å². The Bertz CT molecular complexity index is 405. The highest BCUT2D eigenvalue weighted by Crippen LogP contribution is 2.66. The Hall–Kier alpha value is -0.495. The summed E-state index contributed by atoms with van der Waals surface area (Å²) >= 11 is 0. The zero-order valence-electron chi connectivity index (χ0n) is 11.5. The van der Waals surface area contributed by atoms with Crippen LogP contribution in [0.4, 0.5) is 0 Å². The first kappa shape index (κ1) is 11.3. The second-order valence-electron chi connectivity index (χ2n) is 7.26. The van der Waals surface area contributed by atoms with Crippen LogP contribution in [-0.4, -0.2) is 12.5 Å². The van der Waals surface area contributed by atoms with Crippen LogP contribution < -0.4 is 0 Å². The van der Waals surface area contributed by atoms with Gasteiger partial charge in [-0.25, -0.2) is 0 Å². The van der Waals surface area contributed by atoms with Gasteiger partial charge in [-0.05, 0) is 43.2 Å². The normalized spacial score (nSPS) is 44.9. The van der Waals surface area contributed by atoms with Gasteiger partial charge in [0.05, 0.1) is 0 Å². The fraction of sp³-hybridized carbons (Fsp3) is 0.750. The second kappa shape index (κ2) is 3.76. The Morgan fingerprint density at radius 1 is 1.06 bits per heavy atom. The van der Waals surface area contributed by atoms with Crippen LogP contribution in [-0.2, 0) is 4.65 Å². The van der Waals surface area contributed by atoms with Crippen LogP contribution in [0.3, 0.4) is 0 Å². The van der Waals surface area contributed by atoms with Crippen LogP contribution >= 0.6 is 0 Å². The monoisotopic (exact) mass is 242 g/mol. The quantitative estimate of drug-likeness (QED) is 0.629. The number of hydrogen-bond acceptors (Lipinski definition) is 1. The van der Waals surface area contributed by atoms with Crippen LogP contribution in [0.15, 0.2) is 24.3 Å². The maximum absolute atomic E-state index is 6.54. The highest BCUT2D eigenvalue weighted by molar-refractivity contribution is 6.57. The smallest absolute Gasteiger partial charge is 0.301 e. The predicted molar refractivity (Wildman–Crippen MR) is 75.6 cm³/mol. The van der Waals surface area contributed by atoms with Crippen molar-refractivity contribution < 1.29 is 4.65 Å². The van der Waals surface area contributed by atoms with Crippen molar-refractivity contribution in [3.05, 3.63) is 24.3 Å². The van der Waals surface area contributed by atoms with Crippen molar-refractivity contribution in [2.24, 2.45) is 17.8 Å². The van der Waals surface area contributed by atoms with Gasteiger partial charge in [-0.2, -0.15) is 0 Å². The highest BCUT2D eigenvalue weighted by Gasteiger charge is 2.66. The van der Waals surface area contributed by atoms with Crippen molar-refractivity contribution in [2.45, 2.75) is 56.8 Å². The lowest BCUT2D eigenvalue weighted by Gasteiger charge is -2.51. The lowest BCUT2D eigenvalue weighted by atomic mass is 9.34. The van der Waals surface area contributed by atoms with E-state index in [1.165, 1.54) is 25.7 Å². The van der Waals surface area contributed by atoms with E-state index in [4.69, 9.17) is 4.65 Å². The van der Waals surface area contributed by atoms with Gasteiger partial charge in [-0.15, -0.1) is 0 Å². The van der Waals surface area contributed by atoms with Gasteiger partial charge in [-0.1, -0.05) is 50.0 Å². The third-order valence-electron chi connectivity index (χ3n) is 5.98. The lowest BCUT2D eigenvalue weighted by Crippen LogP contribution is -2.49. The highest BCUT2D eigenvalue weighted by atomic mass is 16.5. The second-order valence-corrected chi connectivity index (χ2v) is 7.26. The summed E-state index contributed by atoms with van der Waals surface area (Å²) in [5.41, 5.74) is 0.0919. The van der Waals surface area contributed by atoms with E-state index in [1.807, 2.05) is 0 Å². The molecule has 18 heavy (non-hydrogen) atoms. The van der Waals surface area contributed by atoms with Crippen LogP contribution in [0, 0.1) is 17.8 Å².